The molecule has 2 saturated heterocycles. The number of amides is 1. The lowest BCUT2D eigenvalue weighted by Crippen LogP contribution is -2.64. The van der Waals surface area contributed by atoms with Crippen molar-refractivity contribution in [1.82, 2.24) is 4.90 Å². The second kappa shape index (κ2) is 20.4. The van der Waals surface area contributed by atoms with Crippen molar-refractivity contribution < 1.29 is 58.2 Å². The van der Waals surface area contributed by atoms with Crippen LogP contribution in [-0.2, 0) is 42.9 Å². The molecule has 0 aromatic heterocycles. The van der Waals surface area contributed by atoms with Crippen LogP contribution in [0.3, 0.4) is 0 Å². The number of carbonyl (C=O) groups is 4. The number of aliphatic hydroxyl groups excluding tert-OH is 2. The highest BCUT2D eigenvalue weighted by atomic mass is 16.7. The molecule has 1 aliphatic carbocycles. The summed E-state index contributed by atoms with van der Waals surface area (Å²) >= 11 is 0. The Morgan fingerprint density at radius 1 is 0.911 bits per heavy atom. The van der Waals surface area contributed by atoms with Crippen molar-refractivity contribution in [1.29, 1.82) is 0 Å². The number of nitrogens with zero attached hydrogens (tertiary/aromatic N) is 1. The third-order valence-electron chi connectivity index (χ3n) is 12.9. The number of carbonyl (C=O) groups excluding carboxylic acids is 4. The van der Waals surface area contributed by atoms with Crippen molar-refractivity contribution in [3.05, 3.63) is 23.3 Å². The summed E-state index contributed by atoms with van der Waals surface area (Å²) in [6.07, 6.45) is 3.72. The van der Waals surface area contributed by atoms with Crippen LogP contribution in [0.5, 0.6) is 0 Å². The van der Waals surface area contributed by atoms with E-state index in [0.29, 0.717) is 56.9 Å². The minimum absolute atomic E-state index is 0.000914. The van der Waals surface area contributed by atoms with E-state index in [1.54, 1.807) is 21.0 Å². The minimum atomic E-state index is -2.50. The number of methoxy groups -OCH3 is 3. The van der Waals surface area contributed by atoms with Gasteiger partial charge in [0.1, 0.15) is 24.0 Å². The number of cyclic esters (lactones) is 1. The first-order valence-corrected chi connectivity index (χ1v) is 20.8. The summed E-state index contributed by atoms with van der Waals surface area (Å²) in [5.41, 5.74) is 1.66. The molecule has 3 fully saturated rings. The summed E-state index contributed by atoms with van der Waals surface area (Å²) in [4.78, 5) is 57.6. The molecule has 0 spiro atoms. The molecule has 3 aliphatic heterocycles. The van der Waals surface area contributed by atoms with Crippen LogP contribution in [0, 0.1) is 29.6 Å². The van der Waals surface area contributed by atoms with Crippen molar-refractivity contribution >= 4 is 23.4 Å². The maximum atomic E-state index is 14.3. The average Bonchev–Trinajstić information content (AvgIpc) is 3.18. The molecule has 1 amide bonds. The summed E-state index contributed by atoms with van der Waals surface area (Å²) in [6, 6.07) is -1.13. The van der Waals surface area contributed by atoms with E-state index in [0.717, 1.165) is 5.57 Å². The van der Waals surface area contributed by atoms with Gasteiger partial charge in [-0.15, -0.1) is 0 Å². The first-order valence-electron chi connectivity index (χ1n) is 20.8. The normalized spacial score (nSPS) is 40.6. The van der Waals surface area contributed by atoms with E-state index in [-0.39, 0.29) is 49.5 Å². The summed E-state index contributed by atoms with van der Waals surface area (Å²) in [6.45, 7) is 11.3. The van der Waals surface area contributed by atoms with Gasteiger partial charge in [0.05, 0.1) is 30.5 Å². The zero-order valence-corrected chi connectivity index (χ0v) is 35.1. The molecule has 0 aromatic rings. The molecule has 0 unspecified atom stereocenters. The van der Waals surface area contributed by atoms with Crippen LogP contribution < -0.4 is 0 Å². The number of fused-ring (bicyclic) bond motifs is 3. The second-order valence-corrected chi connectivity index (χ2v) is 17.2. The smallest absolute Gasteiger partial charge is 0.329 e. The number of ketones is 2. The summed E-state index contributed by atoms with van der Waals surface area (Å²) in [5.74, 6) is -7.50. The number of rotatable bonds is 6. The van der Waals surface area contributed by atoms with Gasteiger partial charge in [-0.2, -0.15) is 0 Å². The second-order valence-electron chi connectivity index (χ2n) is 17.2. The molecule has 1 saturated carbocycles. The lowest BCUT2D eigenvalue weighted by Gasteiger charge is -2.47. The summed E-state index contributed by atoms with van der Waals surface area (Å²) in [7, 11) is 4.63. The molecule has 318 valence electrons. The van der Waals surface area contributed by atoms with Crippen molar-refractivity contribution in [2.45, 2.75) is 167 Å². The molecule has 13 nitrogen and oxygen atoms in total. The SMILES string of the molecule is CC[C@@H]1C=C(C)C[C@H](C)C[C@H](OC)[C@H]2O[C@@](O)(C(=O)C(=O)N3CCCC[C@H]3C(=O)O[C@H](/C(C)=C/[C@H]3CC[C@H](O)[C@H](OC)C3)[C@H](C)[C@@H](O)CC1=O)[C@H](C)C[C@@H]2OC. The fraction of sp³-hybridized carbons (Fsp3) is 0.814. The van der Waals surface area contributed by atoms with Crippen molar-refractivity contribution in [2.75, 3.05) is 27.9 Å². The van der Waals surface area contributed by atoms with Crippen molar-refractivity contribution in [3.63, 3.8) is 0 Å². The molecule has 13 heteroatoms. The highest BCUT2D eigenvalue weighted by Gasteiger charge is 2.56. The maximum Gasteiger partial charge on any atom is 0.329 e. The molecule has 14 atom stereocenters. The largest absolute Gasteiger partial charge is 0.456 e. The van der Waals surface area contributed by atoms with Crippen LogP contribution in [0.2, 0.25) is 0 Å². The third-order valence-corrected chi connectivity index (χ3v) is 12.9. The molecular weight excluding hydrogens is 722 g/mol. The van der Waals surface area contributed by atoms with Gasteiger partial charge in [-0.25, -0.2) is 4.79 Å². The molecule has 3 N–H and O–H groups in total. The molecule has 3 heterocycles. The Kier molecular flexibility index (Phi) is 16.9. The van der Waals surface area contributed by atoms with Crippen molar-refractivity contribution in [2.24, 2.45) is 29.6 Å². The summed E-state index contributed by atoms with van der Waals surface area (Å²) < 4.78 is 29.7. The highest BCUT2D eigenvalue weighted by molar-refractivity contribution is 6.39. The zero-order valence-electron chi connectivity index (χ0n) is 35.1. The van der Waals surface area contributed by atoms with Gasteiger partial charge in [0.15, 0.2) is 0 Å². The first kappa shape index (κ1) is 46.2. The molecule has 0 radical (unpaired) electrons. The molecule has 4 rings (SSSR count). The van der Waals surface area contributed by atoms with Gasteiger partial charge in [-0.3, -0.25) is 14.4 Å². The highest BCUT2D eigenvalue weighted by Crippen LogP contribution is 2.39. The third kappa shape index (κ3) is 10.7. The fourth-order valence-corrected chi connectivity index (χ4v) is 9.39. The maximum absolute atomic E-state index is 14.3. The number of hydrogen-bond acceptors (Lipinski definition) is 12. The number of ether oxygens (including phenoxy) is 5. The van der Waals surface area contributed by atoms with Crippen LogP contribution in [0.4, 0.5) is 0 Å². The fourth-order valence-electron chi connectivity index (χ4n) is 9.39. The monoisotopic (exact) mass is 791 g/mol. The lowest BCUT2D eigenvalue weighted by atomic mass is 9.81. The molecule has 2 bridgehead atoms. The number of allylic oxidation sites excluding steroid dienone is 3. The Bertz CT molecular complexity index is 1430. The Morgan fingerprint density at radius 3 is 2.21 bits per heavy atom. The van der Waals surface area contributed by atoms with Gasteiger partial charge in [0, 0.05) is 52.0 Å². The number of Topliss-reactive ketones (excluding diaryl/α,β-unsaturated/α-hetero) is 2. The molecule has 0 aromatic carbocycles. The van der Waals surface area contributed by atoms with Crippen LogP contribution in [-0.4, -0.2) is 126 Å². The summed E-state index contributed by atoms with van der Waals surface area (Å²) in [5, 5.41) is 34.1. The van der Waals surface area contributed by atoms with E-state index in [1.165, 1.54) is 19.1 Å². The predicted octanol–water partition coefficient (Wildman–Crippen LogP) is 4.47. The molecule has 56 heavy (non-hydrogen) atoms. The van der Waals surface area contributed by atoms with Crippen molar-refractivity contribution in [3.8, 4) is 0 Å². The number of hydrogen-bond donors (Lipinski definition) is 3. The topological polar surface area (TPSA) is 178 Å². The number of piperidine rings is 1. The van der Waals surface area contributed by atoms with Crippen LogP contribution >= 0.6 is 0 Å². The minimum Gasteiger partial charge on any atom is -0.456 e. The first-order chi connectivity index (χ1) is 26.5. The standard InChI is InChI=1S/C43H69NO12/c1-10-30-18-24(2)17-25(3)19-36(53-8)39-37(54-9)21-27(5)43(51,56-39)40(48)41(49)44-16-12-11-13-31(44)42(50)55-38(28(6)33(46)23-34(30)47)26(4)20-29-14-15-32(45)35(22-29)52-7/h18,20,25,27-33,35-39,45-46,51H,10-17,19,21-23H2,1-9H3/b24-18?,26-20+/t25-,27+,28+,29+,30+,31-,32-,33-,35+,36-,37-,38+,39+,43+/m0/s1. The van der Waals surface area contributed by atoms with Crippen LogP contribution in [0.1, 0.15) is 112 Å². The van der Waals surface area contributed by atoms with Gasteiger partial charge in [0.25, 0.3) is 11.7 Å². The molecular formula is C43H69NO12. The average molecular weight is 792 g/mol. The van der Waals surface area contributed by atoms with E-state index in [9.17, 15) is 34.5 Å². The van der Waals surface area contributed by atoms with Gasteiger partial charge in [0.2, 0.25) is 5.79 Å². The molecule has 4 aliphatic rings. The van der Waals surface area contributed by atoms with Crippen LogP contribution in [0.15, 0.2) is 23.3 Å². The van der Waals surface area contributed by atoms with Gasteiger partial charge in [-0.1, -0.05) is 45.4 Å². The predicted molar refractivity (Wildman–Crippen MR) is 208 cm³/mol. The van der Waals surface area contributed by atoms with E-state index in [4.69, 9.17) is 23.7 Å². The van der Waals surface area contributed by atoms with E-state index in [1.807, 2.05) is 32.9 Å². The number of esters is 1. The quantitative estimate of drug-likeness (QED) is 0.196. The number of aliphatic hydroxyl groups is 3. The van der Waals surface area contributed by atoms with Crippen LogP contribution in [0.25, 0.3) is 0 Å². The lowest BCUT2D eigenvalue weighted by molar-refractivity contribution is -0.302. The van der Waals surface area contributed by atoms with E-state index >= 15 is 0 Å². The Morgan fingerprint density at radius 2 is 1.57 bits per heavy atom. The Balaban J connectivity index is 1.76. The van der Waals surface area contributed by atoms with Gasteiger partial charge >= 0.3 is 5.97 Å². The van der Waals surface area contributed by atoms with E-state index < -0.39 is 83.9 Å². The van der Waals surface area contributed by atoms with Gasteiger partial charge in [-0.05, 0) is 95.5 Å². The zero-order chi connectivity index (χ0) is 41.5. The Labute approximate surface area is 333 Å². The van der Waals surface area contributed by atoms with E-state index in [2.05, 4.69) is 6.92 Å². The Hall–Kier alpha value is -2.52. The van der Waals surface area contributed by atoms with Gasteiger partial charge < -0.3 is 43.9 Å².